The molecule has 244 valence electrons. The van der Waals surface area contributed by atoms with Crippen LogP contribution in [-0.2, 0) is 14.2 Å². The molecule has 1 unspecified atom stereocenters. The van der Waals surface area contributed by atoms with E-state index in [4.69, 9.17) is 14.2 Å². The highest BCUT2D eigenvalue weighted by Gasteiger charge is 2.37. The van der Waals surface area contributed by atoms with Crippen molar-refractivity contribution in [2.24, 2.45) is 5.92 Å². The third-order valence-electron chi connectivity index (χ3n) is 6.38. The van der Waals surface area contributed by atoms with Gasteiger partial charge in [0, 0.05) is 5.33 Å². The Morgan fingerprint density at radius 3 is 1.84 bits per heavy atom. The molecule has 0 aliphatic heterocycles. The van der Waals surface area contributed by atoms with Gasteiger partial charge in [-0.2, -0.15) is 0 Å². The second-order valence-electron chi connectivity index (χ2n) is 12.5. The second-order valence-corrected chi connectivity index (χ2v) is 13.3. The van der Waals surface area contributed by atoms with Crippen LogP contribution in [0.25, 0.3) is 6.08 Å². The molecule has 1 atom stereocenters. The van der Waals surface area contributed by atoms with Gasteiger partial charge in [0.25, 0.3) is 0 Å². The van der Waals surface area contributed by atoms with Crippen molar-refractivity contribution in [2.75, 3.05) is 11.9 Å². The molecule has 4 N–H and O–H groups in total. The molecule has 0 bridgehead atoms. The molecule has 3 rings (SSSR count). The molecule has 1 aliphatic carbocycles. The van der Waals surface area contributed by atoms with Crippen molar-refractivity contribution in [2.45, 2.75) is 98.9 Å². The van der Waals surface area contributed by atoms with Crippen LogP contribution >= 0.6 is 15.9 Å². The molecule has 12 heteroatoms. The number of carboxylic acids is 1. The maximum Gasteiger partial charge on any atom is 0.355 e. The summed E-state index contributed by atoms with van der Waals surface area (Å²) in [6.45, 7) is 15.9. The molecule has 44 heavy (non-hydrogen) atoms. The first-order valence-electron chi connectivity index (χ1n) is 14.6. The van der Waals surface area contributed by atoms with E-state index in [1.165, 1.54) is 0 Å². The van der Waals surface area contributed by atoms with Gasteiger partial charge in [-0.1, -0.05) is 22.0 Å². The molecular weight excluding hydrogens is 636 g/mol. The summed E-state index contributed by atoms with van der Waals surface area (Å²) in [5, 5.41) is 20.4. The van der Waals surface area contributed by atoms with Gasteiger partial charge in [0.2, 0.25) is 0 Å². The van der Waals surface area contributed by atoms with Gasteiger partial charge >= 0.3 is 23.9 Å². The van der Waals surface area contributed by atoms with Crippen LogP contribution in [0.5, 0.6) is 0 Å². The molecule has 0 amide bonds. The van der Waals surface area contributed by atoms with Crippen molar-refractivity contribution >= 4 is 45.9 Å². The SMILES string of the molecule is CCOC(=O)c1c(C=CCCBr)[nH]c(C(=O)OC(C)(C)C)c1C.Cc1c(C(=O)OC(C)(C)C)[nH]c(C(O)C2CC2)c1C(=O)O. The summed E-state index contributed by atoms with van der Waals surface area (Å²) >= 11 is 3.34. The van der Waals surface area contributed by atoms with Crippen molar-refractivity contribution in [3.63, 3.8) is 0 Å². The number of H-pyrrole nitrogens is 2. The van der Waals surface area contributed by atoms with E-state index >= 15 is 0 Å². The monoisotopic (exact) mass is 680 g/mol. The predicted octanol–water partition coefficient (Wildman–Crippen LogP) is 6.67. The number of hydrogen-bond acceptors (Lipinski definition) is 8. The standard InChI is InChI=1S/C17H24BrNO4.C15H21NO5/c1-6-22-15(20)13-11(2)14(16(21)23-17(3,4)5)19-12(13)9-7-8-10-18;1-7-9(13(18)19)11(12(17)8-5-6-8)16-10(7)14(20)21-15(2,3)4/h7,9,19H,6,8,10H2,1-5H3;8,12,16-17H,5-6H2,1-4H3,(H,18,19). The Morgan fingerprint density at radius 2 is 1.41 bits per heavy atom. The minimum atomic E-state index is -1.16. The highest BCUT2D eigenvalue weighted by molar-refractivity contribution is 9.09. The topological polar surface area (TPSA) is 168 Å². The lowest BCUT2D eigenvalue weighted by Gasteiger charge is -2.19. The van der Waals surface area contributed by atoms with Crippen LogP contribution in [0.3, 0.4) is 0 Å². The Hall–Kier alpha value is -3.38. The first kappa shape index (κ1) is 36.8. The molecule has 1 saturated carbocycles. The molecule has 0 saturated heterocycles. The fraction of sp³-hybridized carbons (Fsp3) is 0.562. The molecule has 11 nitrogen and oxygen atoms in total. The summed E-state index contributed by atoms with van der Waals surface area (Å²) < 4.78 is 15.7. The number of nitrogens with one attached hydrogen (secondary N) is 2. The van der Waals surface area contributed by atoms with E-state index in [2.05, 4.69) is 25.9 Å². The van der Waals surface area contributed by atoms with E-state index in [0.29, 0.717) is 22.4 Å². The number of esters is 3. The number of carboxylic acid groups (broad SMARTS) is 1. The van der Waals surface area contributed by atoms with Crippen LogP contribution in [0.1, 0.15) is 138 Å². The van der Waals surface area contributed by atoms with E-state index in [1.54, 1.807) is 68.4 Å². The number of aromatic amines is 2. The summed E-state index contributed by atoms with van der Waals surface area (Å²) in [5.41, 5.74) is 1.03. The molecule has 2 heterocycles. The van der Waals surface area contributed by atoms with Gasteiger partial charge in [-0.25, -0.2) is 19.2 Å². The quantitative estimate of drug-likeness (QED) is 0.122. The second kappa shape index (κ2) is 15.1. The van der Waals surface area contributed by atoms with Gasteiger partial charge in [-0.05, 0) is 105 Å². The number of carbonyl (C=O) groups excluding carboxylic acids is 3. The minimum absolute atomic E-state index is 0.0322. The van der Waals surface area contributed by atoms with Crippen LogP contribution in [0, 0.1) is 19.8 Å². The number of carbonyl (C=O) groups is 4. The zero-order valence-corrected chi connectivity index (χ0v) is 28.6. The van der Waals surface area contributed by atoms with E-state index in [9.17, 15) is 29.4 Å². The Morgan fingerprint density at radius 1 is 0.909 bits per heavy atom. The number of ether oxygens (including phenoxy) is 3. The summed E-state index contributed by atoms with van der Waals surface area (Å²) in [4.78, 5) is 53.9. The highest BCUT2D eigenvalue weighted by atomic mass is 79.9. The zero-order valence-electron chi connectivity index (χ0n) is 27.0. The van der Waals surface area contributed by atoms with Gasteiger partial charge < -0.3 is 34.4 Å². The molecular formula is C32H45BrN2O9. The smallest absolute Gasteiger partial charge is 0.355 e. The van der Waals surface area contributed by atoms with Crippen molar-refractivity contribution < 1.29 is 43.6 Å². The summed E-state index contributed by atoms with van der Waals surface area (Å²) in [7, 11) is 0. The maximum absolute atomic E-state index is 12.3. The zero-order chi connectivity index (χ0) is 33.6. The summed E-state index contributed by atoms with van der Waals surface area (Å²) in [6, 6.07) is 0. The molecule has 2 aromatic heterocycles. The fourth-order valence-corrected chi connectivity index (χ4v) is 4.57. The number of aliphatic hydroxyl groups is 1. The molecule has 0 radical (unpaired) electrons. The summed E-state index contributed by atoms with van der Waals surface area (Å²) in [6.07, 6.45) is 5.35. The van der Waals surface area contributed by atoms with E-state index in [0.717, 1.165) is 24.6 Å². The number of aliphatic hydroxyl groups excluding tert-OH is 1. The molecule has 1 aliphatic rings. The van der Waals surface area contributed by atoms with Gasteiger partial charge in [0.05, 0.1) is 35.2 Å². The van der Waals surface area contributed by atoms with Crippen molar-refractivity contribution in [3.05, 3.63) is 51.1 Å². The first-order valence-corrected chi connectivity index (χ1v) is 15.7. The lowest BCUT2D eigenvalue weighted by atomic mass is 10.0. The molecule has 0 aromatic carbocycles. The van der Waals surface area contributed by atoms with Crippen LogP contribution in [0.4, 0.5) is 0 Å². The van der Waals surface area contributed by atoms with Gasteiger partial charge in [0.1, 0.15) is 22.6 Å². The van der Waals surface area contributed by atoms with Crippen LogP contribution in [0.2, 0.25) is 0 Å². The number of allylic oxidation sites excluding steroid dienone is 1. The predicted molar refractivity (Wildman–Crippen MR) is 169 cm³/mol. The Balaban J connectivity index is 0.000000308. The molecule has 1 fully saturated rings. The Labute approximate surface area is 266 Å². The lowest BCUT2D eigenvalue weighted by Crippen LogP contribution is -2.24. The van der Waals surface area contributed by atoms with Crippen LogP contribution in [-0.4, -0.2) is 67.2 Å². The maximum atomic E-state index is 12.3. The van der Waals surface area contributed by atoms with E-state index in [-0.39, 0.29) is 35.2 Å². The van der Waals surface area contributed by atoms with Gasteiger partial charge in [-0.15, -0.1) is 0 Å². The third-order valence-corrected chi connectivity index (χ3v) is 6.84. The largest absolute Gasteiger partial charge is 0.478 e. The van der Waals surface area contributed by atoms with Gasteiger partial charge in [-0.3, -0.25) is 0 Å². The normalized spacial score (nSPS) is 14.1. The number of rotatable bonds is 10. The number of aromatic nitrogens is 2. The first-order chi connectivity index (χ1) is 20.3. The highest BCUT2D eigenvalue weighted by Crippen LogP contribution is 2.42. The van der Waals surface area contributed by atoms with Crippen molar-refractivity contribution in [1.29, 1.82) is 0 Å². The average molecular weight is 682 g/mol. The molecule has 2 aromatic rings. The third kappa shape index (κ3) is 10.1. The van der Waals surface area contributed by atoms with Crippen molar-refractivity contribution in [1.82, 2.24) is 9.97 Å². The van der Waals surface area contributed by atoms with E-state index in [1.807, 2.05) is 6.08 Å². The van der Waals surface area contributed by atoms with Crippen molar-refractivity contribution in [3.8, 4) is 0 Å². The van der Waals surface area contributed by atoms with Crippen LogP contribution < -0.4 is 0 Å². The van der Waals surface area contributed by atoms with Crippen LogP contribution in [0.15, 0.2) is 6.08 Å². The Kier molecular flexibility index (Phi) is 12.6. The van der Waals surface area contributed by atoms with E-state index < -0.39 is 41.2 Å². The Bertz CT molecular complexity index is 1390. The van der Waals surface area contributed by atoms with Gasteiger partial charge in [0.15, 0.2) is 0 Å². The summed E-state index contributed by atoms with van der Waals surface area (Å²) in [5.74, 6) is -2.65. The fourth-order valence-electron chi connectivity index (χ4n) is 4.30. The number of aromatic carboxylic acids is 1. The number of halogens is 1. The number of hydrogen-bond donors (Lipinski definition) is 4. The minimum Gasteiger partial charge on any atom is -0.478 e. The average Bonchev–Trinajstić information content (AvgIpc) is 3.59. The number of alkyl halides is 1. The lowest BCUT2D eigenvalue weighted by molar-refractivity contribution is 0.00499. The molecule has 0 spiro atoms.